The van der Waals surface area contributed by atoms with Crippen LogP contribution in [0.1, 0.15) is 17.8 Å². The van der Waals surface area contributed by atoms with Gasteiger partial charge in [0, 0.05) is 6.07 Å². The van der Waals surface area contributed by atoms with Crippen LogP contribution in [0.4, 0.5) is 22.0 Å². The second-order valence-electron chi connectivity index (χ2n) is 3.23. The zero-order chi connectivity index (χ0) is 14.8. The molecule has 0 amide bonds. The average Bonchev–Trinajstić information content (AvgIpc) is 2.19. The molecule has 0 fully saturated rings. The van der Waals surface area contributed by atoms with Crippen LogP contribution in [0.15, 0.2) is 6.07 Å². The highest BCUT2D eigenvalue weighted by atomic mass is 127. The number of nitrogens with zero attached hydrogens (tertiary/aromatic N) is 1. The lowest BCUT2D eigenvalue weighted by molar-refractivity contribution is -0.275. The Balaban J connectivity index is 3.27. The van der Waals surface area contributed by atoms with Crippen LogP contribution in [0.5, 0.6) is 5.75 Å². The summed E-state index contributed by atoms with van der Waals surface area (Å²) in [4.78, 5) is 13.8. The van der Waals surface area contributed by atoms with E-state index >= 15 is 0 Å². The van der Waals surface area contributed by atoms with E-state index in [4.69, 9.17) is 5.11 Å². The van der Waals surface area contributed by atoms with Gasteiger partial charge in [0.25, 0.3) is 6.43 Å². The number of ether oxygens (including phenoxy) is 1. The molecule has 0 aliphatic heterocycles. The number of carboxylic acid groups (broad SMARTS) is 1. The fraction of sp³-hybridized carbons (Fsp3) is 0.333. The molecule has 1 aromatic heterocycles. The summed E-state index contributed by atoms with van der Waals surface area (Å²) in [5, 5.41) is 8.50. The summed E-state index contributed by atoms with van der Waals surface area (Å²) in [6.07, 6.45) is -9.00. The molecule has 0 saturated carbocycles. The number of aliphatic carboxylic acids is 1. The number of hydrogen-bond acceptors (Lipinski definition) is 3. The second kappa shape index (κ2) is 5.84. The number of hydrogen-bond donors (Lipinski definition) is 1. The van der Waals surface area contributed by atoms with Crippen molar-refractivity contribution >= 4 is 28.6 Å². The van der Waals surface area contributed by atoms with E-state index in [1.807, 2.05) is 0 Å². The molecular weight excluding hydrogens is 392 g/mol. The zero-order valence-corrected chi connectivity index (χ0v) is 11.0. The van der Waals surface area contributed by atoms with E-state index in [0.29, 0.717) is 6.07 Å². The zero-order valence-electron chi connectivity index (χ0n) is 8.84. The van der Waals surface area contributed by atoms with Crippen LogP contribution in [0.2, 0.25) is 0 Å². The topological polar surface area (TPSA) is 59.4 Å². The molecule has 1 N–H and O–H groups in total. The molecule has 1 aromatic rings. The van der Waals surface area contributed by atoms with Crippen molar-refractivity contribution in [2.75, 3.05) is 0 Å². The highest BCUT2D eigenvalue weighted by Crippen LogP contribution is 2.33. The molecule has 0 aromatic carbocycles. The van der Waals surface area contributed by atoms with Crippen molar-refractivity contribution in [3.8, 4) is 5.75 Å². The van der Waals surface area contributed by atoms with E-state index in [0.717, 1.165) is 0 Å². The van der Waals surface area contributed by atoms with Gasteiger partial charge in [0.15, 0.2) is 0 Å². The van der Waals surface area contributed by atoms with Crippen LogP contribution in [0, 0.1) is 3.57 Å². The van der Waals surface area contributed by atoms with Crippen LogP contribution in [0.3, 0.4) is 0 Å². The predicted octanol–water partition coefficient (Wildman–Crippen LogP) is 3.15. The van der Waals surface area contributed by atoms with Crippen molar-refractivity contribution in [3.05, 3.63) is 21.0 Å². The van der Waals surface area contributed by atoms with Crippen molar-refractivity contribution in [2.24, 2.45) is 0 Å². The molecule has 4 nitrogen and oxygen atoms in total. The summed E-state index contributed by atoms with van der Waals surface area (Å²) in [6, 6.07) is 0.676. The Bertz CT molecular complexity index is 491. The summed E-state index contributed by atoms with van der Waals surface area (Å²) >= 11 is 1.23. The van der Waals surface area contributed by atoms with Crippen LogP contribution in [-0.2, 0) is 11.2 Å². The number of aromatic nitrogens is 1. The third-order valence-corrected chi connectivity index (χ3v) is 2.85. The van der Waals surface area contributed by atoms with Gasteiger partial charge in [-0.15, -0.1) is 13.2 Å². The molecule has 0 spiro atoms. The minimum atomic E-state index is -5.07. The molecule has 10 heteroatoms. The SMILES string of the molecule is O=C(O)Cc1cc(OC(F)(F)F)c(I)c(C(F)F)n1. The molecule has 0 aliphatic carbocycles. The monoisotopic (exact) mass is 397 g/mol. The third-order valence-electron chi connectivity index (χ3n) is 1.77. The average molecular weight is 397 g/mol. The number of carbonyl (C=O) groups is 1. The maximum atomic E-state index is 12.6. The summed E-state index contributed by atoms with van der Waals surface area (Å²) in [5.74, 6) is -2.30. The Labute approximate surface area is 116 Å². The van der Waals surface area contributed by atoms with Crippen molar-refractivity contribution < 1.29 is 36.6 Å². The molecule has 0 radical (unpaired) electrons. The van der Waals surface area contributed by atoms with Gasteiger partial charge in [-0.05, 0) is 22.6 Å². The van der Waals surface area contributed by atoms with E-state index in [1.54, 1.807) is 0 Å². The fourth-order valence-electron chi connectivity index (χ4n) is 1.17. The summed E-state index contributed by atoms with van der Waals surface area (Å²) in [5.41, 5.74) is -1.39. The van der Waals surface area contributed by atoms with Crippen LogP contribution in [0.25, 0.3) is 0 Å². The highest BCUT2D eigenvalue weighted by Gasteiger charge is 2.33. The Morgan fingerprint density at radius 3 is 2.47 bits per heavy atom. The Morgan fingerprint density at radius 2 is 2.05 bits per heavy atom. The highest BCUT2D eigenvalue weighted by molar-refractivity contribution is 14.1. The lowest BCUT2D eigenvalue weighted by Crippen LogP contribution is -2.19. The second-order valence-corrected chi connectivity index (χ2v) is 4.31. The van der Waals surface area contributed by atoms with Crippen LogP contribution in [-0.4, -0.2) is 22.4 Å². The lowest BCUT2D eigenvalue weighted by Gasteiger charge is -2.14. The standard InChI is InChI=1S/C9H5F5INO3/c10-8(11)7-6(15)4(19-9(12,13)14)1-3(16-7)2-5(17)18/h1,8H,2H2,(H,17,18). The normalized spacial score (nSPS) is 11.7. The van der Waals surface area contributed by atoms with Gasteiger partial charge >= 0.3 is 12.3 Å². The molecule has 0 bridgehead atoms. The van der Waals surface area contributed by atoms with E-state index < -0.39 is 45.9 Å². The van der Waals surface area contributed by atoms with Gasteiger partial charge in [0.2, 0.25) is 0 Å². The third kappa shape index (κ3) is 4.76. The minimum absolute atomic E-state index is 0.442. The molecule has 0 atom stereocenters. The van der Waals surface area contributed by atoms with Crippen molar-refractivity contribution in [1.29, 1.82) is 0 Å². The smallest absolute Gasteiger partial charge is 0.481 e. The van der Waals surface area contributed by atoms with Gasteiger partial charge in [-0.2, -0.15) is 0 Å². The largest absolute Gasteiger partial charge is 0.573 e. The van der Waals surface area contributed by atoms with Gasteiger partial charge < -0.3 is 9.84 Å². The van der Waals surface area contributed by atoms with Crippen LogP contribution < -0.4 is 4.74 Å². The Hall–Kier alpha value is -1.20. The number of pyridine rings is 1. The van der Waals surface area contributed by atoms with E-state index in [1.165, 1.54) is 22.6 Å². The first-order chi connectivity index (χ1) is 8.60. The molecular formula is C9H5F5INO3. The number of rotatable bonds is 4. The van der Waals surface area contributed by atoms with E-state index in [2.05, 4.69) is 9.72 Å². The Morgan fingerprint density at radius 1 is 1.47 bits per heavy atom. The molecule has 19 heavy (non-hydrogen) atoms. The van der Waals surface area contributed by atoms with E-state index in [9.17, 15) is 26.7 Å². The number of halogens is 6. The molecule has 1 heterocycles. The van der Waals surface area contributed by atoms with E-state index in [-0.39, 0.29) is 0 Å². The maximum absolute atomic E-state index is 12.6. The first kappa shape index (κ1) is 15.9. The van der Waals surface area contributed by atoms with Gasteiger partial charge in [-0.25, -0.2) is 13.8 Å². The van der Waals surface area contributed by atoms with Gasteiger partial charge in [0.05, 0.1) is 15.7 Å². The lowest BCUT2D eigenvalue weighted by atomic mass is 10.2. The van der Waals surface area contributed by atoms with Gasteiger partial charge in [-0.3, -0.25) is 4.79 Å². The first-order valence-corrected chi connectivity index (χ1v) is 5.63. The summed E-state index contributed by atoms with van der Waals surface area (Å²) in [7, 11) is 0. The maximum Gasteiger partial charge on any atom is 0.573 e. The summed E-state index contributed by atoms with van der Waals surface area (Å²) < 4.78 is 64.6. The molecule has 1 rings (SSSR count). The summed E-state index contributed by atoms with van der Waals surface area (Å²) in [6.45, 7) is 0. The van der Waals surface area contributed by atoms with Gasteiger partial charge in [-0.1, -0.05) is 0 Å². The number of alkyl halides is 5. The molecule has 0 unspecified atom stereocenters. The van der Waals surface area contributed by atoms with Crippen LogP contribution >= 0.6 is 22.6 Å². The molecule has 0 saturated heterocycles. The van der Waals surface area contributed by atoms with Crippen molar-refractivity contribution in [2.45, 2.75) is 19.2 Å². The predicted molar refractivity (Wildman–Crippen MR) is 59.9 cm³/mol. The van der Waals surface area contributed by atoms with Crippen molar-refractivity contribution in [3.63, 3.8) is 0 Å². The van der Waals surface area contributed by atoms with Gasteiger partial charge in [0.1, 0.15) is 11.4 Å². The first-order valence-electron chi connectivity index (χ1n) is 4.55. The van der Waals surface area contributed by atoms with Crippen molar-refractivity contribution in [1.82, 2.24) is 4.98 Å². The number of carboxylic acids is 1. The molecule has 0 aliphatic rings. The minimum Gasteiger partial charge on any atom is -0.481 e. The quantitative estimate of drug-likeness (QED) is 0.627. The Kier molecular flexibility index (Phi) is 4.87. The molecule has 106 valence electrons. The fourth-order valence-corrected chi connectivity index (χ4v) is 1.79.